The number of carbonyl (C=O) groups is 2. The quantitative estimate of drug-likeness (QED) is 0.926. The van der Waals surface area contributed by atoms with Gasteiger partial charge in [-0.05, 0) is 35.2 Å². The van der Waals surface area contributed by atoms with E-state index in [-0.39, 0.29) is 12.3 Å². The molecule has 0 saturated heterocycles. The van der Waals surface area contributed by atoms with Gasteiger partial charge < -0.3 is 10.0 Å². The molecular weight excluding hydrogens is 326 g/mol. The molecule has 3 rings (SSSR count). The lowest BCUT2D eigenvalue weighted by molar-refractivity contribution is -0.151. The molecule has 1 heterocycles. The van der Waals surface area contributed by atoms with E-state index in [2.05, 4.69) is 0 Å². The van der Waals surface area contributed by atoms with Crippen LogP contribution < -0.4 is 0 Å². The Labute approximate surface area is 145 Å². The number of nitrogens with zero attached hydrogens (tertiary/aromatic N) is 1. The summed E-state index contributed by atoms with van der Waals surface area (Å²) in [7, 11) is 0. The van der Waals surface area contributed by atoms with Crippen molar-refractivity contribution in [3.05, 3.63) is 70.2 Å². The first-order valence-corrected chi connectivity index (χ1v) is 8.26. The average Bonchev–Trinajstić information content (AvgIpc) is 2.59. The second-order valence-corrected chi connectivity index (χ2v) is 6.41. The number of aryl methyl sites for hydroxylation is 1. The second kappa shape index (κ2) is 7.05. The molecule has 0 fully saturated rings. The molecule has 2 aromatic rings. The van der Waals surface area contributed by atoms with Crippen molar-refractivity contribution in [2.45, 2.75) is 31.8 Å². The fourth-order valence-electron chi connectivity index (χ4n) is 3.05. The van der Waals surface area contributed by atoms with E-state index in [1.54, 1.807) is 12.1 Å². The minimum Gasteiger partial charge on any atom is -0.480 e. The molecule has 1 aliphatic rings. The first-order chi connectivity index (χ1) is 11.5. The highest BCUT2D eigenvalue weighted by atomic mass is 35.5. The molecule has 0 radical (unpaired) electrons. The highest BCUT2D eigenvalue weighted by Gasteiger charge is 2.33. The number of carbonyl (C=O) groups excluding carboxylic acids is 1. The van der Waals surface area contributed by atoms with Crippen LogP contribution in [0.5, 0.6) is 0 Å². The van der Waals surface area contributed by atoms with Gasteiger partial charge in [-0.2, -0.15) is 0 Å². The third-order valence-corrected chi connectivity index (χ3v) is 4.65. The van der Waals surface area contributed by atoms with Gasteiger partial charge in [0.05, 0.1) is 0 Å². The van der Waals surface area contributed by atoms with Crippen molar-refractivity contribution in [2.24, 2.45) is 0 Å². The van der Waals surface area contributed by atoms with Gasteiger partial charge in [0, 0.05) is 24.4 Å². The van der Waals surface area contributed by atoms with Crippen molar-refractivity contribution in [3.63, 3.8) is 0 Å². The van der Waals surface area contributed by atoms with Crippen LogP contribution in [0.25, 0.3) is 0 Å². The Balaban J connectivity index is 1.72. The van der Waals surface area contributed by atoms with E-state index in [1.165, 1.54) is 4.90 Å². The van der Waals surface area contributed by atoms with Gasteiger partial charge in [-0.3, -0.25) is 4.79 Å². The van der Waals surface area contributed by atoms with E-state index >= 15 is 0 Å². The predicted molar refractivity (Wildman–Crippen MR) is 91.9 cm³/mol. The van der Waals surface area contributed by atoms with Crippen molar-refractivity contribution in [2.75, 3.05) is 0 Å². The number of benzene rings is 2. The maximum absolute atomic E-state index is 12.6. The van der Waals surface area contributed by atoms with Gasteiger partial charge in [-0.25, -0.2) is 4.79 Å². The number of halogens is 1. The van der Waals surface area contributed by atoms with E-state index in [0.717, 1.165) is 16.7 Å². The first-order valence-electron chi connectivity index (χ1n) is 7.88. The van der Waals surface area contributed by atoms with Gasteiger partial charge >= 0.3 is 5.97 Å². The Morgan fingerprint density at radius 1 is 1.08 bits per heavy atom. The molecule has 0 spiro atoms. The number of carboxylic acids is 1. The van der Waals surface area contributed by atoms with Gasteiger partial charge in [0.2, 0.25) is 5.91 Å². The molecule has 4 nitrogen and oxygen atoms in total. The minimum atomic E-state index is -0.954. The lowest BCUT2D eigenvalue weighted by Gasteiger charge is -2.34. The van der Waals surface area contributed by atoms with E-state index in [0.29, 0.717) is 24.4 Å². The maximum Gasteiger partial charge on any atom is 0.326 e. The SMILES string of the molecule is O=C(O)C1Cc2ccccc2CN1C(=O)CCc1ccc(Cl)cc1. The highest BCUT2D eigenvalue weighted by molar-refractivity contribution is 6.30. The van der Waals surface area contributed by atoms with Crippen LogP contribution in [0.1, 0.15) is 23.1 Å². The summed E-state index contributed by atoms with van der Waals surface area (Å²) in [5.41, 5.74) is 3.04. The molecule has 0 bridgehead atoms. The van der Waals surface area contributed by atoms with Crippen molar-refractivity contribution in [3.8, 4) is 0 Å². The third kappa shape index (κ3) is 3.60. The normalized spacial score (nSPS) is 16.5. The number of aliphatic carboxylic acids is 1. The van der Waals surface area contributed by atoms with Gasteiger partial charge in [0.15, 0.2) is 0 Å². The Morgan fingerprint density at radius 2 is 1.75 bits per heavy atom. The molecule has 1 unspecified atom stereocenters. The van der Waals surface area contributed by atoms with Crippen LogP contribution in [0, 0.1) is 0 Å². The topological polar surface area (TPSA) is 57.6 Å². The number of hydrogen-bond donors (Lipinski definition) is 1. The Bertz CT molecular complexity index is 757. The molecule has 1 aliphatic heterocycles. The molecule has 1 N–H and O–H groups in total. The van der Waals surface area contributed by atoms with E-state index in [9.17, 15) is 14.7 Å². The Hall–Kier alpha value is -2.33. The van der Waals surface area contributed by atoms with Gasteiger partial charge in [0.25, 0.3) is 0 Å². The van der Waals surface area contributed by atoms with Crippen LogP contribution in [0.3, 0.4) is 0 Å². The fraction of sp³-hybridized carbons (Fsp3) is 0.263. The van der Waals surface area contributed by atoms with Crippen molar-refractivity contribution in [1.29, 1.82) is 0 Å². The fourth-order valence-corrected chi connectivity index (χ4v) is 3.18. The van der Waals surface area contributed by atoms with Crippen LogP contribution in [0.2, 0.25) is 5.02 Å². The highest BCUT2D eigenvalue weighted by Crippen LogP contribution is 2.24. The zero-order valence-corrected chi connectivity index (χ0v) is 13.9. The monoisotopic (exact) mass is 343 g/mol. The lowest BCUT2D eigenvalue weighted by Crippen LogP contribution is -2.48. The smallest absolute Gasteiger partial charge is 0.326 e. The average molecular weight is 344 g/mol. The second-order valence-electron chi connectivity index (χ2n) is 5.97. The van der Waals surface area contributed by atoms with Crippen LogP contribution in [0.15, 0.2) is 48.5 Å². The molecular formula is C19H18ClNO3. The third-order valence-electron chi connectivity index (χ3n) is 4.39. The summed E-state index contributed by atoms with van der Waals surface area (Å²) in [4.78, 5) is 25.7. The summed E-state index contributed by atoms with van der Waals surface area (Å²) >= 11 is 5.86. The van der Waals surface area contributed by atoms with Crippen LogP contribution in [-0.4, -0.2) is 27.9 Å². The van der Waals surface area contributed by atoms with Crippen molar-refractivity contribution >= 4 is 23.5 Å². The van der Waals surface area contributed by atoms with Crippen molar-refractivity contribution < 1.29 is 14.7 Å². The number of carboxylic acid groups (broad SMARTS) is 1. The van der Waals surface area contributed by atoms with E-state index < -0.39 is 12.0 Å². The largest absolute Gasteiger partial charge is 0.480 e. The zero-order valence-electron chi connectivity index (χ0n) is 13.1. The summed E-state index contributed by atoms with van der Waals surface area (Å²) in [6.07, 6.45) is 1.21. The molecule has 5 heteroatoms. The number of hydrogen-bond acceptors (Lipinski definition) is 2. The zero-order chi connectivity index (χ0) is 17.1. The summed E-state index contributed by atoms with van der Waals surface area (Å²) in [6.45, 7) is 0.354. The van der Waals surface area contributed by atoms with E-state index in [1.807, 2.05) is 36.4 Å². The van der Waals surface area contributed by atoms with Crippen LogP contribution >= 0.6 is 11.6 Å². The number of rotatable bonds is 4. The molecule has 1 amide bonds. The molecule has 0 saturated carbocycles. The van der Waals surface area contributed by atoms with E-state index in [4.69, 9.17) is 11.6 Å². The Morgan fingerprint density at radius 3 is 2.42 bits per heavy atom. The summed E-state index contributed by atoms with van der Waals surface area (Å²) < 4.78 is 0. The summed E-state index contributed by atoms with van der Waals surface area (Å²) in [5, 5.41) is 10.1. The first kappa shape index (κ1) is 16.5. The molecule has 0 aliphatic carbocycles. The number of amides is 1. The van der Waals surface area contributed by atoms with Gasteiger partial charge in [0.1, 0.15) is 6.04 Å². The van der Waals surface area contributed by atoms with Crippen LogP contribution in [0.4, 0.5) is 0 Å². The van der Waals surface area contributed by atoms with Gasteiger partial charge in [-0.15, -0.1) is 0 Å². The number of fused-ring (bicyclic) bond motifs is 1. The predicted octanol–water partition coefficient (Wildman–Crippen LogP) is 3.31. The van der Waals surface area contributed by atoms with Gasteiger partial charge in [-0.1, -0.05) is 48.0 Å². The summed E-state index contributed by atoms with van der Waals surface area (Å²) in [5.74, 6) is -1.09. The minimum absolute atomic E-state index is 0.133. The molecule has 124 valence electrons. The Kier molecular flexibility index (Phi) is 4.86. The molecule has 2 aromatic carbocycles. The molecule has 1 atom stereocenters. The molecule has 0 aromatic heterocycles. The van der Waals surface area contributed by atoms with Crippen LogP contribution in [-0.2, 0) is 29.0 Å². The maximum atomic E-state index is 12.6. The summed E-state index contributed by atoms with van der Waals surface area (Å²) in [6, 6.07) is 14.3. The van der Waals surface area contributed by atoms with Crippen molar-refractivity contribution in [1.82, 2.24) is 4.90 Å². The lowest BCUT2D eigenvalue weighted by atomic mass is 9.93. The molecule has 24 heavy (non-hydrogen) atoms. The standard InChI is InChI=1S/C19H18ClNO3/c20-16-8-5-13(6-9-16)7-10-18(22)21-12-15-4-2-1-3-14(15)11-17(21)19(23)24/h1-6,8-9,17H,7,10-12H2,(H,23,24).